The number of alkyl halides is 5. The molecule has 0 spiro atoms. The molecule has 3 heterocycles. The third-order valence-corrected chi connectivity index (χ3v) is 6.55. The molecule has 1 aliphatic rings. The Morgan fingerprint density at radius 2 is 1.78 bits per heavy atom. The summed E-state index contributed by atoms with van der Waals surface area (Å²) in [5.41, 5.74) is -2.06. The van der Waals surface area contributed by atoms with Crippen molar-refractivity contribution in [2.75, 3.05) is 10.2 Å². The van der Waals surface area contributed by atoms with Crippen molar-refractivity contribution in [3.05, 3.63) is 107 Å². The van der Waals surface area contributed by atoms with Crippen LogP contribution in [0.4, 0.5) is 33.3 Å². The first-order chi connectivity index (χ1) is 19.4. The van der Waals surface area contributed by atoms with Crippen LogP contribution in [-0.2, 0) is 18.6 Å². The standard InChI is InChI=1S/C28H19F5N6O2/c1-16-15-38-24(22(14-36-38)25(40)37-20-4-2-3-17(11-20)13-34)26(41)39(16)21-7-5-18(6-8-21)27(29,30)23-12-19(9-10-35-23)28(31,32)33/h2-12,14,16H,15H2,1H3,(H,37,40)/t16-/m0/s1. The largest absolute Gasteiger partial charge is 0.416 e. The van der Waals surface area contributed by atoms with Crippen LogP contribution in [0.25, 0.3) is 0 Å². The molecule has 5 rings (SSSR count). The number of fused-ring (bicyclic) bond motifs is 1. The predicted molar refractivity (Wildman–Crippen MR) is 136 cm³/mol. The Labute approximate surface area is 229 Å². The van der Waals surface area contributed by atoms with Gasteiger partial charge in [0.15, 0.2) is 0 Å². The molecule has 1 atom stereocenters. The number of anilines is 2. The maximum absolute atomic E-state index is 15.1. The molecule has 41 heavy (non-hydrogen) atoms. The van der Waals surface area contributed by atoms with Crippen LogP contribution in [0.2, 0.25) is 0 Å². The number of carbonyl (C=O) groups excluding carboxylic acids is 2. The van der Waals surface area contributed by atoms with Crippen LogP contribution in [0, 0.1) is 11.3 Å². The molecular formula is C28H19F5N6O2. The van der Waals surface area contributed by atoms with E-state index in [9.17, 15) is 22.8 Å². The van der Waals surface area contributed by atoms with Gasteiger partial charge < -0.3 is 10.2 Å². The molecule has 13 heteroatoms. The summed E-state index contributed by atoms with van der Waals surface area (Å²) in [7, 11) is 0. The molecule has 8 nitrogen and oxygen atoms in total. The van der Waals surface area contributed by atoms with Crippen LogP contribution < -0.4 is 10.2 Å². The first-order valence-electron chi connectivity index (χ1n) is 12.1. The number of rotatable bonds is 5. The maximum atomic E-state index is 15.1. The van der Waals surface area contributed by atoms with Crippen molar-refractivity contribution in [1.82, 2.24) is 14.8 Å². The molecule has 0 aliphatic carbocycles. The van der Waals surface area contributed by atoms with E-state index in [-0.39, 0.29) is 23.5 Å². The fourth-order valence-electron chi connectivity index (χ4n) is 4.56. The summed E-state index contributed by atoms with van der Waals surface area (Å²) in [6.45, 7) is 1.91. The first-order valence-corrected chi connectivity index (χ1v) is 12.1. The highest BCUT2D eigenvalue weighted by Crippen LogP contribution is 2.38. The molecule has 0 radical (unpaired) electrons. The number of hydrogen-bond donors (Lipinski definition) is 1. The molecule has 0 unspecified atom stereocenters. The summed E-state index contributed by atoms with van der Waals surface area (Å²) in [4.78, 5) is 31.4. The van der Waals surface area contributed by atoms with E-state index in [4.69, 9.17) is 5.26 Å². The topological polar surface area (TPSA) is 104 Å². The Bertz CT molecular complexity index is 1690. The summed E-state index contributed by atoms with van der Waals surface area (Å²) in [5.74, 6) is -5.08. The molecule has 0 saturated heterocycles. The van der Waals surface area contributed by atoms with E-state index in [1.807, 2.05) is 6.07 Å². The molecule has 2 aromatic carbocycles. The zero-order chi connectivity index (χ0) is 29.5. The van der Waals surface area contributed by atoms with E-state index in [0.717, 1.165) is 12.1 Å². The zero-order valence-electron chi connectivity index (χ0n) is 21.2. The molecule has 0 bridgehead atoms. The summed E-state index contributed by atoms with van der Waals surface area (Å²) in [5, 5.41) is 15.9. The minimum atomic E-state index is -4.81. The van der Waals surface area contributed by atoms with Crippen molar-refractivity contribution in [1.29, 1.82) is 5.26 Å². The van der Waals surface area contributed by atoms with Crippen LogP contribution in [-0.4, -0.2) is 32.6 Å². The first kappa shape index (κ1) is 27.4. The van der Waals surface area contributed by atoms with Crippen molar-refractivity contribution in [3.63, 3.8) is 0 Å². The van der Waals surface area contributed by atoms with Crippen molar-refractivity contribution < 1.29 is 31.5 Å². The average molecular weight is 566 g/mol. The lowest BCUT2D eigenvalue weighted by molar-refractivity contribution is -0.137. The lowest BCUT2D eigenvalue weighted by Gasteiger charge is -2.34. The number of pyridine rings is 1. The fourth-order valence-corrected chi connectivity index (χ4v) is 4.56. The molecule has 1 N–H and O–H groups in total. The second-order valence-electron chi connectivity index (χ2n) is 9.31. The summed E-state index contributed by atoms with van der Waals surface area (Å²) in [6.07, 6.45) is -2.89. The molecular weight excluding hydrogens is 547 g/mol. The van der Waals surface area contributed by atoms with Crippen molar-refractivity contribution in [2.24, 2.45) is 0 Å². The van der Waals surface area contributed by atoms with E-state index in [0.29, 0.717) is 29.6 Å². The lowest BCUT2D eigenvalue weighted by atomic mass is 10.0. The van der Waals surface area contributed by atoms with E-state index in [1.165, 1.54) is 34.0 Å². The van der Waals surface area contributed by atoms with Crippen LogP contribution in [0.1, 0.15) is 50.2 Å². The molecule has 4 aromatic rings. The highest BCUT2D eigenvalue weighted by molar-refractivity contribution is 6.15. The number of nitriles is 1. The third kappa shape index (κ3) is 5.11. The second-order valence-corrected chi connectivity index (χ2v) is 9.31. The van der Waals surface area contributed by atoms with Gasteiger partial charge in [0, 0.05) is 23.1 Å². The van der Waals surface area contributed by atoms with Gasteiger partial charge in [-0.1, -0.05) is 18.2 Å². The number of benzene rings is 2. The Hall–Kier alpha value is -5.12. The molecule has 2 aromatic heterocycles. The van der Waals surface area contributed by atoms with E-state index in [2.05, 4.69) is 15.4 Å². The predicted octanol–water partition coefficient (Wildman–Crippen LogP) is 5.61. The molecule has 208 valence electrons. The van der Waals surface area contributed by atoms with Gasteiger partial charge in [-0.15, -0.1) is 0 Å². The van der Waals surface area contributed by atoms with Crippen LogP contribution >= 0.6 is 0 Å². The van der Waals surface area contributed by atoms with Gasteiger partial charge in [0.05, 0.1) is 41.5 Å². The van der Waals surface area contributed by atoms with E-state index in [1.54, 1.807) is 25.1 Å². The number of hydrogen-bond acceptors (Lipinski definition) is 5. The minimum absolute atomic E-state index is 0.0143. The van der Waals surface area contributed by atoms with Crippen molar-refractivity contribution >= 4 is 23.2 Å². The van der Waals surface area contributed by atoms with Gasteiger partial charge in [0.2, 0.25) is 0 Å². The Morgan fingerprint density at radius 3 is 2.46 bits per heavy atom. The molecule has 2 amide bonds. The fraction of sp³-hybridized carbons (Fsp3) is 0.179. The van der Waals surface area contributed by atoms with Gasteiger partial charge in [-0.05, 0) is 49.4 Å². The van der Waals surface area contributed by atoms with Gasteiger partial charge in [-0.2, -0.15) is 32.3 Å². The second kappa shape index (κ2) is 10.1. The maximum Gasteiger partial charge on any atom is 0.416 e. The zero-order valence-corrected chi connectivity index (χ0v) is 21.2. The average Bonchev–Trinajstić information content (AvgIpc) is 3.37. The van der Waals surface area contributed by atoms with Crippen LogP contribution in [0.15, 0.2) is 73.1 Å². The quantitative estimate of drug-likeness (QED) is 0.317. The highest BCUT2D eigenvalue weighted by Gasteiger charge is 2.40. The third-order valence-electron chi connectivity index (χ3n) is 6.55. The number of halogens is 5. The summed E-state index contributed by atoms with van der Waals surface area (Å²) in [6, 6.07) is 13.1. The monoisotopic (exact) mass is 566 g/mol. The molecule has 0 fully saturated rings. The minimum Gasteiger partial charge on any atom is -0.322 e. The Balaban J connectivity index is 1.41. The van der Waals surface area contributed by atoms with E-state index < -0.39 is 46.8 Å². The number of carbonyl (C=O) groups is 2. The number of aromatic nitrogens is 3. The molecule has 0 saturated carbocycles. The number of nitrogens with one attached hydrogen (secondary N) is 1. The Morgan fingerprint density at radius 1 is 1.05 bits per heavy atom. The van der Waals surface area contributed by atoms with Gasteiger partial charge in [0.1, 0.15) is 11.4 Å². The lowest BCUT2D eigenvalue weighted by Crippen LogP contribution is -2.47. The van der Waals surface area contributed by atoms with E-state index >= 15 is 8.78 Å². The van der Waals surface area contributed by atoms with Crippen LogP contribution in [0.5, 0.6) is 0 Å². The smallest absolute Gasteiger partial charge is 0.322 e. The molecule has 1 aliphatic heterocycles. The van der Waals surface area contributed by atoms with Gasteiger partial charge in [-0.3, -0.25) is 19.3 Å². The highest BCUT2D eigenvalue weighted by atomic mass is 19.4. The normalized spacial score (nSPS) is 15.3. The van der Waals surface area contributed by atoms with Gasteiger partial charge in [-0.25, -0.2) is 0 Å². The Kier molecular flexibility index (Phi) is 6.78. The van der Waals surface area contributed by atoms with Gasteiger partial charge >= 0.3 is 12.1 Å². The summed E-state index contributed by atoms with van der Waals surface area (Å²) >= 11 is 0. The number of amides is 2. The van der Waals surface area contributed by atoms with Crippen LogP contribution in [0.3, 0.4) is 0 Å². The van der Waals surface area contributed by atoms with Crippen molar-refractivity contribution in [3.8, 4) is 6.07 Å². The SMILES string of the molecule is C[C@H]1Cn2ncc(C(=O)Nc3cccc(C#N)c3)c2C(=O)N1c1ccc(C(F)(F)c2cc(C(F)(F)F)ccn2)cc1. The summed E-state index contributed by atoms with van der Waals surface area (Å²) < 4.78 is 70.7. The number of nitrogens with zero attached hydrogens (tertiary/aromatic N) is 5. The van der Waals surface area contributed by atoms with Crippen molar-refractivity contribution in [2.45, 2.75) is 31.6 Å². The van der Waals surface area contributed by atoms with Gasteiger partial charge in [0.25, 0.3) is 11.8 Å².